The summed E-state index contributed by atoms with van der Waals surface area (Å²) in [6, 6.07) is 10.7. The molecular formula is C19H28N2O2. The molecule has 2 aliphatic rings. The van der Waals surface area contributed by atoms with E-state index < -0.39 is 0 Å². The summed E-state index contributed by atoms with van der Waals surface area (Å²) in [5.74, 6) is 0.288. The summed E-state index contributed by atoms with van der Waals surface area (Å²) < 4.78 is 5.67. The van der Waals surface area contributed by atoms with E-state index in [0.29, 0.717) is 18.6 Å². The van der Waals surface area contributed by atoms with Gasteiger partial charge in [0.2, 0.25) is 5.91 Å². The molecule has 0 bridgehead atoms. The molecule has 1 aromatic rings. The highest BCUT2D eigenvalue weighted by Crippen LogP contribution is 2.21. The lowest BCUT2D eigenvalue weighted by Gasteiger charge is -2.35. The van der Waals surface area contributed by atoms with Crippen LogP contribution >= 0.6 is 0 Å². The summed E-state index contributed by atoms with van der Waals surface area (Å²) in [6.45, 7) is 3.61. The molecule has 23 heavy (non-hydrogen) atoms. The Kier molecular flexibility index (Phi) is 6.06. The normalized spacial score (nSPS) is 22.2. The molecular weight excluding hydrogens is 288 g/mol. The molecule has 0 aromatic heterocycles. The van der Waals surface area contributed by atoms with Crippen molar-refractivity contribution >= 4 is 5.91 Å². The van der Waals surface area contributed by atoms with Crippen molar-refractivity contribution in [2.75, 3.05) is 19.7 Å². The summed E-state index contributed by atoms with van der Waals surface area (Å²) >= 11 is 0. The van der Waals surface area contributed by atoms with Crippen LogP contribution in [0.25, 0.3) is 0 Å². The maximum Gasteiger partial charge on any atom is 0.223 e. The van der Waals surface area contributed by atoms with Gasteiger partial charge in [-0.25, -0.2) is 0 Å². The zero-order valence-corrected chi connectivity index (χ0v) is 13.9. The van der Waals surface area contributed by atoms with Gasteiger partial charge in [0.1, 0.15) is 0 Å². The SMILES string of the molecule is O=C(CC[C@@H]1CCCO1)N(Cc1ccccc1)C1CCNCC1. The summed E-state index contributed by atoms with van der Waals surface area (Å²) in [5.41, 5.74) is 1.22. The lowest BCUT2D eigenvalue weighted by molar-refractivity contribution is -0.135. The van der Waals surface area contributed by atoms with Gasteiger partial charge in [-0.1, -0.05) is 30.3 Å². The molecule has 1 N–H and O–H groups in total. The molecule has 2 heterocycles. The number of carbonyl (C=O) groups excluding carboxylic acids is 1. The predicted molar refractivity (Wildman–Crippen MR) is 91.1 cm³/mol. The number of amides is 1. The molecule has 1 amide bonds. The van der Waals surface area contributed by atoms with Gasteiger partial charge in [0.15, 0.2) is 0 Å². The molecule has 0 saturated carbocycles. The van der Waals surface area contributed by atoms with E-state index in [4.69, 9.17) is 4.74 Å². The van der Waals surface area contributed by atoms with Gasteiger partial charge in [0, 0.05) is 25.6 Å². The van der Waals surface area contributed by atoms with Gasteiger partial charge in [-0.05, 0) is 50.8 Å². The molecule has 0 aliphatic carbocycles. The van der Waals surface area contributed by atoms with E-state index in [1.165, 1.54) is 5.56 Å². The highest BCUT2D eigenvalue weighted by atomic mass is 16.5. The van der Waals surface area contributed by atoms with Gasteiger partial charge in [-0.15, -0.1) is 0 Å². The molecule has 2 fully saturated rings. The summed E-state index contributed by atoms with van der Waals surface area (Å²) in [5, 5.41) is 3.39. The van der Waals surface area contributed by atoms with E-state index >= 15 is 0 Å². The minimum absolute atomic E-state index is 0.288. The second kappa shape index (κ2) is 8.46. The van der Waals surface area contributed by atoms with E-state index in [1.54, 1.807) is 0 Å². The van der Waals surface area contributed by atoms with Crippen LogP contribution in [0.5, 0.6) is 0 Å². The van der Waals surface area contributed by atoms with Crippen molar-refractivity contribution in [3.63, 3.8) is 0 Å². The van der Waals surface area contributed by atoms with Gasteiger partial charge in [-0.2, -0.15) is 0 Å². The lowest BCUT2D eigenvalue weighted by Crippen LogP contribution is -2.45. The van der Waals surface area contributed by atoms with E-state index in [-0.39, 0.29) is 5.91 Å². The first kappa shape index (κ1) is 16.5. The van der Waals surface area contributed by atoms with Gasteiger partial charge in [0.25, 0.3) is 0 Å². The van der Waals surface area contributed by atoms with Crippen LogP contribution in [-0.4, -0.2) is 42.6 Å². The van der Waals surface area contributed by atoms with Gasteiger partial charge in [-0.3, -0.25) is 4.79 Å². The second-order valence-corrected chi connectivity index (χ2v) is 6.66. The van der Waals surface area contributed by atoms with Crippen molar-refractivity contribution in [3.8, 4) is 0 Å². The van der Waals surface area contributed by atoms with Gasteiger partial charge in [0.05, 0.1) is 6.10 Å². The van der Waals surface area contributed by atoms with Gasteiger partial charge < -0.3 is 15.0 Å². The molecule has 0 radical (unpaired) electrons. The molecule has 126 valence electrons. The van der Waals surface area contributed by atoms with Crippen LogP contribution in [0.15, 0.2) is 30.3 Å². The first-order valence-electron chi connectivity index (χ1n) is 8.98. The topological polar surface area (TPSA) is 41.6 Å². The Balaban J connectivity index is 1.61. The summed E-state index contributed by atoms with van der Waals surface area (Å²) in [4.78, 5) is 15.0. The Hall–Kier alpha value is -1.39. The fourth-order valence-electron chi connectivity index (χ4n) is 3.62. The third kappa shape index (κ3) is 4.79. The number of benzene rings is 1. The Morgan fingerprint density at radius 3 is 2.65 bits per heavy atom. The number of rotatable bonds is 6. The molecule has 3 rings (SSSR count). The number of nitrogens with zero attached hydrogens (tertiary/aromatic N) is 1. The van der Waals surface area contributed by atoms with Crippen LogP contribution in [0.2, 0.25) is 0 Å². The minimum Gasteiger partial charge on any atom is -0.378 e. The molecule has 1 aromatic carbocycles. The Labute approximate surface area is 139 Å². The highest BCUT2D eigenvalue weighted by Gasteiger charge is 2.26. The van der Waals surface area contributed by atoms with Crippen LogP contribution in [0.4, 0.5) is 0 Å². The molecule has 4 nitrogen and oxygen atoms in total. The smallest absolute Gasteiger partial charge is 0.223 e. The van der Waals surface area contributed by atoms with Crippen LogP contribution in [0.1, 0.15) is 44.1 Å². The average molecular weight is 316 g/mol. The maximum atomic E-state index is 12.9. The van der Waals surface area contributed by atoms with Crippen molar-refractivity contribution in [2.45, 2.75) is 57.2 Å². The third-order valence-electron chi connectivity index (χ3n) is 4.97. The monoisotopic (exact) mass is 316 g/mol. The number of piperidine rings is 1. The van der Waals surface area contributed by atoms with Crippen molar-refractivity contribution in [1.29, 1.82) is 0 Å². The van der Waals surface area contributed by atoms with E-state index in [0.717, 1.165) is 58.3 Å². The standard InChI is InChI=1S/C19H28N2O2/c22-19(9-8-18-7-4-14-23-18)21(17-10-12-20-13-11-17)15-16-5-2-1-3-6-16/h1-3,5-6,17-18,20H,4,7-15H2/t18-/m0/s1. The minimum atomic E-state index is 0.288. The van der Waals surface area contributed by atoms with Gasteiger partial charge >= 0.3 is 0 Å². The third-order valence-corrected chi connectivity index (χ3v) is 4.97. The lowest BCUT2D eigenvalue weighted by atomic mass is 10.0. The first-order chi connectivity index (χ1) is 11.3. The molecule has 2 aliphatic heterocycles. The Bertz CT molecular complexity index is 479. The van der Waals surface area contributed by atoms with Crippen molar-refractivity contribution < 1.29 is 9.53 Å². The average Bonchev–Trinajstić information content (AvgIpc) is 3.13. The zero-order chi connectivity index (χ0) is 15.9. The second-order valence-electron chi connectivity index (χ2n) is 6.66. The van der Waals surface area contributed by atoms with E-state index in [9.17, 15) is 4.79 Å². The summed E-state index contributed by atoms with van der Waals surface area (Å²) in [7, 11) is 0. The fraction of sp³-hybridized carbons (Fsp3) is 0.632. The number of hydrogen-bond donors (Lipinski definition) is 1. The maximum absolute atomic E-state index is 12.9. The molecule has 2 saturated heterocycles. The predicted octanol–water partition coefficient (Wildman–Crippen LogP) is 2.73. The quantitative estimate of drug-likeness (QED) is 0.877. The number of carbonyl (C=O) groups is 1. The Morgan fingerprint density at radius 2 is 1.96 bits per heavy atom. The molecule has 0 spiro atoms. The number of nitrogens with one attached hydrogen (secondary N) is 1. The van der Waals surface area contributed by atoms with Crippen molar-refractivity contribution in [3.05, 3.63) is 35.9 Å². The summed E-state index contributed by atoms with van der Waals surface area (Å²) in [6.07, 6.45) is 6.14. The molecule has 0 unspecified atom stereocenters. The number of hydrogen-bond acceptors (Lipinski definition) is 3. The van der Waals surface area contributed by atoms with E-state index in [2.05, 4.69) is 22.3 Å². The van der Waals surface area contributed by atoms with Crippen LogP contribution in [0.3, 0.4) is 0 Å². The highest BCUT2D eigenvalue weighted by molar-refractivity contribution is 5.76. The first-order valence-corrected chi connectivity index (χ1v) is 8.98. The van der Waals surface area contributed by atoms with E-state index in [1.807, 2.05) is 18.2 Å². The molecule has 4 heteroatoms. The Morgan fingerprint density at radius 1 is 1.17 bits per heavy atom. The van der Waals surface area contributed by atoms with Crippen LogP contribution < -0.4 is 5.32 Å². The fourth-order valence-corrected chi connectivity index (χ4v) is 3.62. The van der Waals surface area contributed by atoms with Crippen molar-refractivity contribution in [2.24, 2.45) is 0 Å². The molecule has 1 atom stereocenters. The number of ether oxygens (including phenoxy) is 1. The zero-order valence-electron chi connectivity index (χ0n) is 13.9. The van der Waals surface area contributed by atoms with Crippen LogP contribution in [-0.2, 0) is 16.1 Å². The largest absolute Gasteiger partial charge is 0.378 e. The van der Waals surface area contributed by atoms with Crippen LogP contribution in [0, 0.1) is 0 Å². The van der Waals surface area contributed by atoms with Crippen molar-refractivity contribution in [1.82, 2.24) is 10.2 Å².